The highest BCUT2D eigenvalue weighted by Crippen LogP contribution is 2.26. The zero-order chi connectivity index (χ0) is 12.5. The zero-order valence-corrected chi connectivity index (χ0v) is 9.96. The smallest absolute Gasteiger partial charge is 0.331 e. The second-order valence-corrected chi connectivity index (χ2v) is 4.73. The predicted molar refractivity (Wildman–Crippen MR) is 57.6 cm³/mol. The molecule has 1 aliphatic rings. The zero-order valence-electron chi connectivity index (χ0n) is 9.96. The van der Waals surface area contributed by atoms with E-state index in [9.17, 15) is 9.90 Å². The Morgan fingerprint density at radius 2 is 2.35 bits per heavy atom. The maximum absolute atomic E-state index is 11.2. The van der Waals surface area contributed by atoms with Crippen molar-refractivity contribution in [3.8, 4) is 0 Å². The third-order valence-corrected chi connectivity index (χ3v) is 3.07. The minimum absolute atomic E-state index is 0.0809. The van der Waals surface area contributed by atoms with E-state index >= 15 is 0 Å². The highest BCUT2D eigenvalue weighted by Gasteiger charge is 2.35. The lowest BCUT2D eigenvalue weighted by molar-refractivity contribution is -0.146. The van der Waals surface area contributed by atoms with Crippen LogP contribution in [0.2, 0.25) is 0 Å². The van der Waals surface area contributed by atoms with Crippen molar-refractivity contribution < 1.29 is 14.6 Å². The topological polar surface area (TPSA) is 90.1 Å². The summed E-state index contributed by atoms with van der Waals surface area (Å²) in [5.74, 6) is -0.280. The number of aliphatic carboxylic acids is 1. The van der Waals surface area contributed by atoms with Gasteiger partial charge >= 0.3 is 5.97 Å². The second-order valence-electron chi connectivity index (χ2n) is 4.73. The van der Waals surface area contributed by atoms with E-state index in [2.05, 4.69) is 15.5 Å². The summed E-state index contributed by atoms with van der Waals surface area (Å²) < 4.78 is 6.76. The van der Waals surface area contributed by atoms with Crippen molar-refractivity contribution in [1.29, 1.82) is 0 Å². The number of carboxylic acid groups (broad SMARTS) is 1. The third-order valence-electron chi connectivity index (χ3n) is 3.07. The van der Waals surface area contributed by atoms with Gasteiger partial charge in [-0.25, -0.2) is 9.48 Å². The SMILES string of the molecule is CC(C)(C(=O)O)n1nnnc1C1CCCOC1. The van der Waals surface area contributed by atoms with Gasteiger partial charge < -0.3 is 9.84 Å². The number of hydrogen-bond donors (Lipinski definition) is 1. The standard InChI is InChI=1S/C10H16N4O3/c1-10(2,9(15)16)14-8(11-12-13-14)7-4-3-5-17-6-7/h7H,3-6H2,1-2H3,(H,15,16). The molecule has 0 aliphatic carbocycles. The van der Waals surface area contributed by atoms with Crippen LogP contribution in [-0.2, 0) is 15.1 Å². The van der Waals surface area contributed by atoms with Crippen LogP contribution < -0.4 is 0 Å². The van der Waals surface area contributed by atoms with Gasteiger partial charge in [-0.15, -0.1) is 5.10 Å². The normalized spacial score (nSPS) is 21.4. The van der Waals surface area contributed by atoms with E-state index in [0.717, 1.165) is 19.4 Å². The van der Waals surface area contributed by atoms with E-state index in [-0.39, 0.29) is 5.92 Å². The van der Waals surface area contributed by atoms with Crippen LogP contribution in [0.25, 0.3) is 0 Å². The minimum Gasteiger partial charge on any atom is -0.479 e. The van der Waals surface area contributed by atoms with Crippen molar-refractivity contribution >= 4 is 5.97 Å². The molecule has 1 fully saturated rings. The molecule has 7 heteroatoms. The Hall–Kier alpha value is -1.50. The molecule has 0 radical (unpaired) electrons. The van der Waals surface area contributed by atoms with E-state index in [0.29, 0.717) is 12.4 Å². The largest absolute Gasteiger partial charge is 0.479 e. The number of carboxylic acids is 1. The van der Waals surface area contributed by atoms with Crippen LogP contribution in [0.3, 0.4) is 0 Å². The highest BCUT2D eigenvalue weighted by molar-refractivity contribution is 5.75. The lowest BCUT2D eigenvalue weighted by atomic mass is 9.99. The first-order valence-corrected chi connectivity index (χ1v) is 5.63. The van der Waals surface area contributed by atoms with E-state index in [1.165, 1.54) is 4.68 Å². The molecular formula is C10H16N4O3. The highest BCUT2D eigenvalue weighted by atomic mass is 16.5. The Labute approximate surface area is 98.8 Å². The molecule has 1 saturated heterocycles. The maximum Gasteiger partial charge on any atom is 0.331 e. The second kappa shape index (κ2) is 4.40. The molecule has 1 aromatic heterocycles. The van der Waals surface area contributed by atoms with Gasteiger partial charge in [0.25, 0.3) is 0 Å². The summed E-state index contributed by atoms with van der Waals surface area (Å²) in [6.07, 6.45) is 1.88. The van der Waals surface area contributed by atoms with Crippen molar-refractivity contribution in [2.75, 3.05) is 13.2 Å². The maximum atomic E-state index is 11.2. The van der Waals surface area contributed by atoms with Crippen molar-refractivity contribution in [2.24, 2.45) is 0 Å². The Balaban J connectivity index is 2.30. The molecule has 7 nitrogen and oxygen atoms in total. The fourth-order valence-corrected chi connectivity index (χ4v) is 1.88. The van der Waals surface area contributed by atoms with Gasteiger partial charge in [0.2, 0.25) is 0 Å². The number of aromatic nitrogens is 4. The van der Waals surface area contributed by atoms with Crippen LogP contribution in [0.15, 0.2) is 0 Å². The van der Waals surface area contributed by atoms with Gasteiger partial charge in [-0.2, -0.15) is 0 Å². The van der Waals surface area contributed by atoms with E-state index < -0.39 is 11.5 Å². The molecular weight excluding hydrogens is 224 g/mol. The Bertz CT molecular complexity index is 409. The van der Waals surface area contributed by atoms with Gasteiger partial charge in [-0.3, -0.25) is 0 Å². The summed E-state index contributed by atoms with van der Waals surface area (Å²) in [5, 5.41) is 20.5. The minimum atomic E-state index is -1.14. The number of ether oxygens (including phenoxy) is 1. The summed E-state index contributed by atoms with van der Waals surface area (Å²) in [4.78, 5) is 11.2. The van der Waals surface area contributed by atoms with Gasteiger partial charge in [-0.05, 0) is 37.1 Å². The number of tetrazole rings is 1. The van der Waals surface area contributed by atoms with Crippen molar-refractivity contribution in [1.82, 2.24) is 20.2 Å². The number of carbonyl (C=O) groups is 1. The Morgan fingerprint density at radius 1 is 1.59 bits per heavy atom. The Kier molecular flexibility index (Phi) is 3.10. The molecule has 1 aromatic rings. The van der Waals surface area contributed by atoms with Crippen molar-refractivity contribution in [3.05, 3.63) is 5.82 Å². The van der Waals surface area contributed by atoms with Gasteiger partial charge in [0.15, 0.2) is 11.4 Å². The summed E-state index contributed by atoms with van der Waals surface area (Å²) >= 11 is 0. The summed E-state index contributed by atoms with van der Waals surface area (Å²) in [6.45, 7) is 4.47. The quantitative estimate of drug-likeness (QED) is 0.821. The average Bonchev–Trinajstić information content (AvgIpc) is 2.79. The van der Waals surface area contributed by atoms with Gasteiger partial charge in [0, 0.05) is 12.5 Å². The molecule has 0 saturated carbocycles. The first kappa shape index (κ1) is 12.0. The molecule has 1 unspecified atom stereocenters. The van der Waals surface area contributed by atoms with E-state index in [1.807, 2.05) is 0 Å². The molecule has 2 rings (SSSR count). The van der Waals surface area contributed by atoms with Gasteiger partial charge in [0.1, 0.15) is 0 Å². The van der Waals surface area contributed by atoms with Crippen LogP contribution in [0.5, 0.6) is 0 Å². The molecule has 1 aliphatic heterocycles. The lowest BCUT2D eigenvalue weighted by Gasteiger charge is -2.25. The fraction of sp³-hybridized carbons (Fsp3) is 0.800. The predicted octanol–water partition coefficient (Wildman–Crippen LogP) is 0.387. The number of nitrogens with zero attached hydrogens (tertiary/aromatic N) is 4. The monoisotopic (exact) mass is 240 g/mol. The van der Waals surface area contributed by atoms with Crippen LogP contribution in [0, 0.1) is 0 Å². The molecule has 0 bridgehead atoms. The molecule has 0 spiro atoms. The molecule has 1 atom stereocenters. The molecule has 94 valence electrons. The molecule has 0 aromatic carbocycles. The van der Waals surface area contributed by atoms with Crippen LogP contribution in [-0.4, -0.2) is 44.5 Å². The van der Waals surface area contributed by atoms with Crippen LogP contribution >= 0.6 is 0 Å². The van der Waals surface area contributed by atoms with Crippen LogP contribution in [0.1, 0.15) is 38.4 Å². The number of hydrogen-bond acceptors (Lipinski definition) is 5. The third kappa shape index (κ3) is 2.14. The fourth-order valence-electron chi connectivity index (χ4n) is 1.88. The Morgan fingerprint density at radius 3 is 2.94 bits per heavy atom. The molecule has 0 amide bonds. The van der Waals surface area contributed by atoms with Crippen molar-refractivity contribution in [3.63, 3.8) is 0 Å². The van der Waals surface area contributed by atoms with E-state index in [1.54, 1.807) is 13.8 Å². The summed E-state index contributed by atoms with van der Waals surface area (Å²) in [5.41, 5.74) is -1.14. The summed E-state index contributed by atoms with van der Waals surface area (Å²) in [6, 6.07) is 0. The summed E-state index contributed by atoms with van der Waals surface area (Å²) in [7, 11) is 0. The average molecular weight is 240 g/mol. The van der Waals surface area contributed by atoms with Crippen LogP contribution in [0.4, 0.5) is 0 Å². The molecule has 1 N–H and O–H groups in total. The number of rotatable bonds is 3. The first-order valence-electron chi connectivity index (χ1n) is 5.63. The first-order chi connectivity index (χ1) is 8.03. The van der Waals surface area contributed by atoms with E-state index in [4.69, 9.17) is 4.74 Å². The lowest BCUT2D eigenvalue weighted by Crippen LogP contribution is -2.39. The molecule has 2 heterocycles. The van der Waals surface area contributed by atoms with Gasteiger partial charge in [0.05, 0.1) is 6.61 Å². The van der Waals surface area contributed by atoms with Gasteiger partial charge in [-0.1, -0.05) is 0 Å². The molecule has 17 heavy (non-hydrogen) atoms. The van der Waals surface area contributed by atoms with Crippen molar-refractivity contribution in [2.45, 2.75) is 38.1 Å².